The van der Waals surface area contributed by atoms with Gasteiger partial charge in [0, 0.05) is 11.6 Å². The van der Waals surface area contributed by atoms with E-state index in [4.69, 9.17) is 33.3 Å². The highest BCUT2D eigenvalue weighted by atomic mass is 35.5. The number of ether oxygens (including phenoxy) is 2. The van der Waals surface area contributed by atoms with E-state index in [9.17, 15) is 9.18 Å². The molecule has 1 fully saturated rings. The normalized spacial score (nSPS) is 15.7. The van der Waals surface area contributed by atoms with Gasteiger partial charge in [0.05, 0.1) is 29.8 Å². The van der Waals surface area contributed by atoms with Crippen LogP contribution in [0.3, 0.4) is 0 Å². The first-order chi connectivity index (χ1) is 12.5. The van der Waals surface area contributed by atoms with Crippen LogP contribution in [-0.2, 0) is 4.79 Å². The van der Waals surface area contributed by atoms with E-state index in [1.165, 1.54) is 37.3 Å². The topological polar surface area (TPSA) is 38.8 Å². The van der Waals surface area contributed by atoms with Gasteiger partial charge < -0.3 is 9.47 Å². The molecular weight excluding hydrogens is 397 g/mol. The van der Waals surface area contributed by atoms with Crippen LogP contribution >= 0.6 is 35.6 Å². The van der Waals surface area contributed by atoms with E-state index < -0.39 is 5.82 Å². The van der Waals surface area contributed by atoms with Gasteiger partial charge in [-0.2, -0.15) is 0 Å². The number of halogens is 2. The third-order valence-electron chi connectivity index (χ3n) is 3.70. The summed E-state index contributed by atoms with van der Waals surface area (Å²) in [4.78, 5) is 14.5. The molecule has 1 saturated heterocycles. The van der Waals surface area contributed by atoms with Gasteiger partial charge in [0.2, 0.25) is 0 Å². The second kappa shape index (κ2) is 7.65. The van der Waals surface area contributed by atoms with Crippen LogP contribution in [0.5, 0.6) is 11.5 Å². The van der Waals surface area contributed by atoms with Gasteiger partial charge in [0.1, 0.15) is 17.3 Å². The van der Waals surface area contributed by atoms with E-state index >= 15 is 0 Å². The maximum atomic E-state index is 14.0. The third-order valence-corrected chi connectivity index (χ3v) is 5.33. The summed E-state index contributed by atoms with van der Waals surface area (Å²) in [5, 5.41) is 0.220. The molecule has 0 radical (unpaired) electrons. The molecule has 134 valence electrons. The van der Waals surface area contributed by atoms with Crippen LogP contribution < -0.4 is 14.4 Å². The third kappa shape index (κ3) is 3.42. The zero-order valence-electron chi connectivity index (χ0n) is 13.8. The summed E-state index contributed by atoms with van der Waals surface area (Å²) in [6, 6.07) is 9.39. The fourth-order valence-corrected chi connectivity index (χ4v) is 3.91. The lowest BCUT2D eigenvalue weighted by molar-refractivity contribution is -0.113. The highest BCUT2D eigenvalue weighted by molar-refractivity contribution is 8.27. The number of amides is 1. The van der Waals surface area contributed by atoms with Gasteiger partial charge in [-0.1, -0.05) is 41.6 Å². The fraction of sp³-hybridized carbons (Fsp3) is 0.111. The largest absolute Gasteiger partial charge is 0.497 e. The molecule has 1 amide bonds. The number of benzene rings is 2. The van der Waals surface area contributed by atoms with Gasteiger partial charge in [0.15, 0.2) is 4.32 Å². The number of carbonyl (C=O) groups is 1. The second-order valence-corrected chi connectivity index (χ2v) is 7.27. The van der Waals surface area contributed by atoms with Crippen molar-refractivity contribution in [1.82, 2.24) is 0 Å². The van der Waals surface area contributed by atoms with Crippen molar-refractivity contribution in [3.05, 3.63) is 57.7 Å². The molecule has 0 atom stereocenters. The first-order valence-corrected chi connectivity index (χ1v) is 9.00. The van der Waals surface area contributed by atoms with Crippen LogP contribution in [-0.4, -0.2) is 24.4 Å². The number of thiocarbonyl (C=S) groups is 1. The van der Waals surface area contributed by atoms with Gasteiger partial charge in [-0.3, -0.25) is 9.69 Å². The zero-order valence-corrected chi connectivity index (χ0v) is 16.2. The number of carbonyl (C=O) groups excluding carboxylic acids is 1. The fourth-order valence-electron chi connectivity index (χ4n) is 2.42. The Morgan fingerprint density at radius 3 is 2.65 bits per heavy atom. The molecule has 3 rings (SSSR count). The molecule has 0 spiro atoms. The second-order valence-electron chi connectivity index (χ2n) is 5.19. The van der Waals surface area contributed by atoms with E-state index in [1.807, 2.05) is 0 Å². The smallest absolute Gasteiger partial charge is 0.270 e. The molecule has 0 aliphatic carbocycles. The maximum Gasteiger partial charge on any atom is 0.270 e. The Labute approximate surface area is 164 Å². The van der Waals surface area contributed by atoms with Crippen molar-refractivity contribution >= 4 is 57.6 Å². The summed E-state index contributed by atoms with van der Waals surface area (Å²) in [7, 11) is 3.03. The monoisotopic (exact) mass is 409 g/mol. The van der Waals surface area contributed by atoms with Gasteiger partial charge >= 0.3 is 0 Å². The molecule has 1 aliphatic heterocycles. The highest BCUT2D eigenvalue weighted by Crippen LogP contribution is 2.41. The minimum atomic E-state index is -0.509. The number of hydrogen-bond acceptors (Lipinski definition) is 5. The molecule has 8 heteroatoms. The maximum absolute atomic E-state index is 14.0. The molecule has 2 aromatic rings. The van der Waals surface area contributed by atoms with Crippen LogP contribution in [0.15, 0.2) is 41.3 Å². The van der Waals surface area contributed by atoms with Crippen molar-refractivity contribution in [1.29, 1.82) is 0 Å². The average molecular weight is 410 g/mol. The number of methoxy groups -OCH3 is 2. The van der Waals surface area contributed by atoms with Crippen LogP contribution in [0.4, 0.5) is 10.1 Å². The van der Waals surface area contributed by atoms with E-state index in [1.54, 1.807) is 24.3 Å². The number of rotatable bonds is 4. The predicted octanol–water partition coefficient (Wildman–Crippen LogP) is 4.90. The summed E-state index contributed by atoms with van der Waals surface area (Å²) in [6.07, 6.45) is 1.41. The Morgan fingerprint density at radius 2 is 2.00 bits per heavy atom. The molecule has 26 heavy (non-hydrogen) atoms. The first kappa shape index (κ1) is 18.7. The van der Waals surface area contributed by atoms with Crippen molar-refractivity contribution in [2.45, 2.75) is 0 Å². The highest BCUT2D eigenvalue weighted by Gasteiger charge is 2.35. The first-order valence-electron chi connectivity index (χ1n) is 7.40. The van der Waals surface area contributed by atoms with E-state index in [-0.39, 0.29) is 21.4 Å². The Morgan fingerprint density at radius 1 is 1.23 bits per heavy atom. The number of anilines is 1. The predicted molar refractivity (Wildman–Crippen MR) is 107 cm³/mol. The average Bonchev–Trinajstić information content (AvgIpc) is 2.91. The van der Waals surface area contributed by atoms with Crippen LogP contribution in [0.1, 0.15) is 5.56 Å². The summed E-state index contributed by atoms with van der Waals surface area (Å²) in [5.74, 6) is 0.142. The van der Waals surface area contributed by atoms with Crippen molar-refractivity contribution < 1.29 is 18.7 Å². The van der Waals surface area contributed by atoms with Gasteiger partial charge in [-0.25, -0.2) is 4.39 Å². The van der Waals surface area contributed by atoms with Crippen molar-refractivity contribution in [3.8, 4) is 11.5 Å². The summed E-state index contributed by atoms with van der Waals surface area (Å²) in [5.41, 5.74) is 0.634. The van der Waals surface area contributed by atoms with Gasteiger partial charge in [-0.05, 0) is 30.3 Å². The van der Waals surface area contributed by atoms with E-state index in [0.717, 1.165) is 11.8 Å². The molecule has 4 nitrogen and oxygen atoms in total. The minimum absolute atomic E-state index is 0.149. The Bertz CT molecular complexity index is 912. The molecule has 1 heterocycles. The molecule has 0 N–H and O–H groups in total. The lowest BCUT2D eigenvalue weighted by atomic mass is 10.2. The summed E-state index contributed by atoms with van der Waals surface area (Å²) in [6.45, 7) is 0. The molecular formula is C18H13ClFNO3S2. The number of thioether (sulfide) groups is 1. The Hall–Kier alpha value is -2.09. The van der Waals surface area contributed by atoms with Gasteiger partial charge in [0.25, 0.3) is 5.91 Å². The standard InChI is InChI=1S/C18H13ClFNO3S2/c1-23-10-6-7-14(15(8-10)24-2)21-17(22)16(26-18(21)25)9-11-12(19)4-3-5-13(11)20/h3-9H,1-2H3/b16-9-. The lowest BCUT2D eigenvalue weighted by Crippen LogP contribution is -2.27. The summed E-state index contributed by atoms with van der Waals surface area (Å²) >= 11 is 12.5. The van der Waals surface area contributed by atoms with E-state index in [2.05, 4.69) is 0 Å². The van der Waals surface area contributed by atoms with E-state index in [0.29, 0.717) is 21.5 Å². The zero-order chi connectivity index (χ0) is 18.8. The molecule has 0 saturated carbocycles. The SMILES string of the molecule is COc1ccc(N2C(=O)/C(=C/c3c(F)cccc3Cl)SC2=S)c(OC)c1. The minimum Gasteiger partial charge on any atom is -0.497 e. The van der Waals surface area contributed by atoms with Crippen molar-refractivity contribution in [2.24, 2.45) is 0 Å². The van der Waals surface area contributed by atoms with Crippen LogP contribution in [0.2, 0.25) is 5.02 Å². The number of hydrogen-bond donors (Lipinski definition) is 0. The molecule has 2 aromatic carbocycles. The quantitative estimate of drug-likeness (QED) is 0.530. The lowest BCUT2D eigenvalue weighted by Gasteiger charge is -2.18. The van der Waals surface area contributed by atoms with Crippen LogP contribution in [0.25, 0.3) is 6.08 Å². The molecule has 1 aliphatic rings. The number of nitrogens with zero attached hydrogens (tertiary/aromatic N) is 1. The Balaban J connectivity index is 2.02. The molecule has 0 bridgehead atoms. The van der Waals surface area contributed by atoms with Crippen LogP contribution in [0, 0.1) is 5.82 Å². The van der Waals surface area contributed by atoms with Crippen molar-refractivity contribution in [3.63, 3.8) is 0 Å². The Kier molecular flexibility index (Phi) is 5.50. The van der Waals surface area contributed by atoms with Crippen molar-refractivity contribution in [2.75, 3.05) is 19.1 Å². The summed E-state index contributed by atoms with van der Waals surface area (Å²) < 4.78 is 24.8. The van der Waals surface area contributed by atoms with Gasteiger partial charge in [-0.15, -0.1) is 0 Å². The molecule has 0 aromatic heterocycles. The molecule has 0 unspecified atom stereocenters.